The number of ether oxygens (including phenoxy) is 1. The zero-order valence-electron chi connectivity index (χ0n) is 9.79. The summed E-state index contributed by atoms with van der Waals surface area (Å²) in [5.74, 6) is -0.319. The Hall–Kier alpha value is -0.990. The lowest BCUT2D eigenvalue weighted by Gasteiger charge is -2.12. The van der Waals surface area contributed by atoms with E-state index in [1.54, 1.807) is 0 Å². The second-order valence-electron chi connectivity index (χ2n) is 3.61. The molecule has 0 radical (unpaired) electrons. The Morgan fingerprint density at radius 2 is 2.00 bits per heavy atom. The predicted molar refractivity (Wildman–Crippen MR) is 65.7 cm³/mol. The molecular weight excluding hydrogens is 307 g/mol. The third-order valence-electron chi connectivity index (χ3n) is 2.12. The zero-order valence-corrected chi connectivity index (χ0v) is 11.4. The van der Waals surface area contributed by atoms with Gasteiger partial charge in [-0.25, -0.2) is 8.42 Å². The van der Waals surface area contributed by atoms with Gasteiger partial charge in [-0.1, -0.05) is 11.6 Å². The molecule has 0 aliphatic heterocycles. The average molecular weight is 318 g/mol. The molecular formula is C10H11ClF3NO3S. The standard InChI is InChI=1S/C10H11ClF3NO3S/c1-18-4-5-19(16,17)15-9-3-2-7(6-8(9)11)10(12,13)14/h2-3,6,15H,4-5H2,1H3. The van der Waals surface area contributed by atoms with Gasteiger partial charge in [0.15, 0.2) is 0 Å². The van der Waals surface area contributed by atoms with Gasteiger partial charge in [0.25, 0.3) is 0 Å². The number of hydrogen-bond donors (Lipinski definition) is 1. The van der Waals surface area contributed by atoms with E-state index in [9.17, 15) is 21.6 Å². The minimum absolute atomic E-state index is 0.0341. The Morgan fingerprint density at radius 3 is 2.47 bits per heavy atom. The summed E-state index contributed by atoms with van der Waals surface area (Å²) in [6.07, 6.45) is -4.53. The van der Waals surface area contributed by atoms with E-state index in [1.165, 1.54) is 7.11 Å². The van der Waals surface area contributed by atoms with Gasteiger partial charge < -0.3 is 4.74 Å². The van der Waals surface area contributed by atoms with Gasteiger partial charge in [0.2, 0.25) is 10.0 Å². The Kier molecular flexibility index (Phi) is 5.05. The highest BCUT2D eigenvalue weighted by atomic mass is 35.5. The van der Waals surface area contributed by atoms with Crippen molar-refractivity contribution in [1.29, 1.82) is 0 Å². The van der Waals surface area contributed by atoms with Crippen LogP contribution in [0.3, 0.4) is 0 Å². The predicted octanol–water partition coefficient (Wildman–Crippen LogP) is 2.75. The van der Waals surface area contributed by atoms with Crippen LogP contribution in [-0.2, 0) is 20.9 Å². The maximum Gasteiger partial charge on any atom is 0.416 e. The van der Waals surface area contributed by atoms with Crippen LogP contribution in [-0.4, -0.2) is 27.9 Å². The highest BCUT2D eigenvalue weighted by Crippen LogP contribution is 2.33. The number of anilines is 1. The summed E-state index contributed by atoms with van der Waals surface area (Å²) in [5.41, 5.74) is -1.05. The quantitative estimate of drug-likeness (QED) is 0.908. The van der Waals surface area contributed by atoms with E-state index in [2.05, 4.69) is 9.46 Å². The molecule has 0 saturated carbocycles. The van der Waals surface area contributed by atoms with Crippen LogP contribution in [0.15, 0.2) is 18.2 Å². The van der Waals surface area contributed by atoms with Crippen molar-refractivity contribution in [2.75, 3.05) is 24.2 Å². The van der Waals surface area contributed by atoms with Crippen molar-refractivity contribution in [2.24, 2.45) is 0 Å². The molecule has 0 fully saturated rings. The van der Waals surface area contributed by atoms with Crippen LogP contribution in [0.1, 0.15) is 5.56 Å². The SMILES string of the molecule is COCCS(=O)(=O)Nc1ccc(C(F)(F)F)cc1Cl. The van der Waals surface area contributed by atoms with Gasteiger partial charge in [-0.05, 0) is 18.2 Å². The molecule has 108 valence electrons. The summed E-state index contributed by atoms with van der Waals surface area (Å²) in [6.45, 7) is -0.0341. The molecule has 0 aliphatic rings. The number of benzene rings is 1. The van der Waals surface area contributed by atoms with Crippen LogP contribution < -0.4 is 4.72 Å². The van der Waals surface area contributed by atoms with E-state index >= 15 is 0 Å². The smallest absolute Gasteiger partial charge is 0.384 e. The van der Waals surface area contributed by atoms with Crippen molar-refractivity contribution in [3.8, 4) is 0 Å². The summed E-state index contributed by atoms with van der Waals surface area (Å²) >= 11 is 5.62. The van der Waals surface area contributed by atoms with E-state index in [4.69, 9.17) is 11.6 Å². The molecule has 0 heterocycles. The van der Waals surface area contributed by atoms with Crippen molar-refractivity contribution in [1.82, 2.24) is 0 Å². The molecule has 0 aliphatic carbocycles. The summed E-state index contributed by atoms with van der Waals surface area (Å²) in [7, 11) is -2.37. The van der Waals surface area contributed by atoms with Crippen molar-refractivity contribution in [3.05, 3.63) is 28.8 Å². The van der Waals surface area contributed by atoms with Gasteiger partial charge in [0.05, 0.1) is 28.6 Å². The van der Waals surface area contributed by atoms with E-state index in [0.717, 1.165) is 12.1 Å². The topological polar surface area (TPSA) is 55.4 Å². The van der Waals surface area contributed by atoms with Crippen LogP contribution in [0.5, 0.6) is 0 Å². The van der Waals surface area contributed by atoms with Gasteiger partial charge >= 0.3 is 6.18 Å². The first kappa shape index (κ1) is 16.1. The lowest BCUT2D eigenvalue weighted by atomic mass is 10.2. The fourth-order valence-electron chi connectivity index (χ4n) is 1.19. The Labute approximate surface area is 113 Å². The second kappa shape index (κ2) is 5.98. The van der Waals surface area contributed by atoms with Crippen molar-refractivity contribution < 1.29 is 26.3 Å². The first-order valence-electron chi connectivity index (χ1n) is 5.02. The molecule has 4 nitrogen and oxygen atoms in total. The fourth-order valence-corrected chi connectivity index (χ4v) is 2.47. The molecule has 9 heteroatoms. The highest BCUT2D eigenvalue weighted by molar-refractivity contribution is 7.92. The molecule has 0 saturated heterocycles. The van der Waals surface area contributed by atoms with Crippen LogP contribution in [0, 0.1) is 0 Å². The van der Waals surface area contributed by atoms with Crippen molar-refractivity contribution >= 4 is 27.3 Å². The normalized spacial score (nSPS) is 12.5. The first-order chi connectivity index (χ1) is 8.65. The fraction of sp³-hybridized carbons (Fsp3) is 0.400. The van der Waals surface area contributed by atoms with Crippen molar-refractivity contribution in [2.45, 2.75) is 6.18 Å². The van der Waals surface area contributed by atoms with Gasteiger partial charge in [0.1, 0.15) is 0 Å². The number of rotatable bonds is 5. The minimum atomic E-state index is -4.53. The first-order valence-corrected chi connectivity index (χ1v) is 7.05. The van der Waals surface area contributed by atoms with Gasteiger partial charge in [-0.3, -0.25) is 4.72 Å². The number of sulfonamides is 1. The maximum atomic E-state index is 12.4. The lowest BCUT2D eigenvalue weighted by molar-refractivity contribution is -0.137. The largest absolute Gasteiger partial charge is 0.416 e. The molecule has 19 heavy (non-hydrogen) atoms. The summed E-state index contributed by atoms with van der Waals surface area (Å²) in [6, 6.07) is 2.38. The van der Waals surface area contributed by atoms with E-state index in [1.807, 2.05) is 0 Å². The molecule has 0 spiro atoms. The Bertz CT molecular complexity index is 545. The van der Waals surface area contributed by atoms with E-state index < -0.39 is 21.8 Å². The lowest BCUT2D eigenvalue weighted by Crippen LogP contribution is -2.20. The van der Waals surface area contributed by atoms with Gasteiger partial charge in [-0.15, -0.1) is 0 Å². The Morgan fingerprint density at radius 1 is 1.37 bits per heavy atom. The molecule has 0 aromatic heterocycles. The number of methoxy groups -OCH3 is 1. The molecule has 0 amide bonds. The van der Waals surface area contributed by atoms with E-state index in [-0.39, 0.29) is 23.1 Å². The molecule has 1 rings (SSSR count). The monoisotopic (exact) mass is 317 g/mol. The minimum Gasteiger partial charge on any atom is -0.384 e. The molecule has 1 N–H and O–H groups in total. The van der Waals surface area contributed by atoms with Crippen LogP contribution in [0.25, 0.3) is 0 Å². The summed E-state index contributed by atoms with van der Waals surface area (Å²) < 4.78 is 66.9. The molecule has 0 bridgehead atoms. The third kappa shape index (κ3) is 4.88. The van der Waals surface area contributed by atoms with Crippen molar-refractivity contribution in [3.63, 3.8) is 0 Å². The number of alkyl halides is 3. The number of nitrogens with one attached hydrogen (secondary N) is 1. The molecule has 1 aromatic carbocycles. The molecule has 0 atom stereocenters. The Balaban J connectivity index is 2.92. The van der Waals surface area contributed by atoms with E-state index in [0.29, 0.717) is 6.07 Å². The third-order valence-corrected chi connectivity index (χ3v) is 3.67. The van der Waals surface area contributed by atoms with Gasteiger partial charge in [-0.2, -0.15) is 13.2 Å². The average Bonchev–Trinajstić information content (AvgIpc) is 2.27. The number of halogens is 4. The zero-order chi connectivity index (χ0) is 14.7. The van der Waals surface area contributed by atoms with Gasteiger partial charge in [0, 0.05) is 7.11 Å². The highest BCUT2D eigenvalue weighted by Gasteiger charge is 2.31. The summed E-state index contributed by atoms with van der Waals surface area (Å²) in [4.78, 5) is 0. The van der Waals surface area contributed by atoms with Crippen LogP contribution in [0.2, 0.25) is 5.02 Å². The summed E-state index contributed by atoms with van der Waals surface area (Å²) in [5, 5.41) is -0.323. The molecule has 1 aromatic rings. The maximum absolute atomic E-state index is 12.4. The van der Waals surface area contributed by atoms with Crippen LogP contribution >= 0.6 is 11.6 Å². The molecule has 0 unspecified atom stereocenters. The number of hydrogen-bond acceptors (Lipinski definition) is 3. The second-order valence-corrected chi connectivity index (χ2v) is 5.86. The van der Waals surface area contributed by atoms with Crippen LogP contribution in [0.4, 0.5) is 18.9 Å².